The maximum absolute atomic E-state index is 4.91. The summed E-state index contributed by atoms with van der Waals surface area (Å²) in [5.74, 6) is 0.891. The molecule has 0 aliphatic carbocycles. The SMILES string of the molecule is c1ccc(-c2cccc(-c3ccccc3)c2N2CN(c3cccc(C(c4ccccc4)(c4ccccc4)c4ccc5c6ccccc6n(-c6ccccn6)c5c4)c3)c3ccc4ccccc4c32)cc1. The summed E-state index contributed by atoms with van der Waals surface area (Å²) in [4.78, 5) is 10.00. The molecule has 69 heavy (non-hydrogen) atoms. The summed E-state index contributed by atoms with van der Waals surface area (Å²) in [5.41, 5.74) is 15.7. The van der Waals surface area contributed by atoms with Crippen molar-refractivity contribution in [3.8, 4) is 28.1 Å². The molecule has 0 unspecified atom stereocenters. The van der Waals surface area contributed by atoms with Gasteiger partial charge in [0.15, 0.2) is 0 Å². The third-order valence-electron chi connectivity index (χ3n) is 14.2. The fraction of sp³-hybridized carbons (Fsp3) is 0.0308. The Hall–Kier alpha value is -8.99. The van der Waals surface area contributed by atoms with E-state index >= 15 is 0 Å². The van der Waals surface area contributed by atoms with Crippen LogP contribution in [0.15, 0.2) is 267 Å². The van der Waals surface area contributed by atoms with Crippen LogP contribution in [0.3, 0.4) is 0 Å². The molecule has 0 atom stereocenters. The van der Waals surface area contributed by atoms with Gasteiger partial charge >= 0.3 is 0 Å². The zero-order chi connectivity index (χ0) is 45.7. The molecule has 3 heterocycles. The van der Waals surface area contributed by atoms with Gasteiger partial charge in [-0.3, -0.25) is 4.57 Å². The highest BCUT2D eigenvalue weighted by atomic mass is 15.4. The van der Waals surface area contributed by atoms with Crippen molar-refractivity contribution in [2.75, 3.05) is 16.5 Å². The first-order valence-electron chi connectivity index (χ1n) is 23.7. The Bertz CT molecular complexity index is 3710. The normalized spacial score (nSPS) is 12.5. The monoisotopic (exact) mass is 882 g/mol. The van der Waals surface area contributed by atoms with Gasteiger partial charge in [0.25, 0.3) is 0 Å². The lowest BCUT2D eigenvalue weighted by Crippen LogP contribution is -2.31. The number of hydrogen-bond donors (Lipinski definition) is 0. The molecular formula is C65H46N4. The maximum Gasteiger partial charge on any atom is 0.137 e. The second kappa shape index (κ2) is 16.7. The zero-order valence-electron chi connectivity index (χ0n) is 37.9. The minimum atomic E-state index is -0.718. The topological polar surface area (TPSA) is 24.3 Å². The smallest absolute Gasteiger partial charge is 0.137 e. The summed E-state index contributed by atoms with van der Waals surface area (Å²) in [6.45, 7) is 0.607. The molecule has 0 radical (unpaired) electrons. The second-order valence-electron chi connectivity index (χ2n) is 17.9. The van der Waals surface area contributed by atoms with Crippen molar-refractivity contribution in [1.82, 2.24) is 9.55 Å². The predicted molar refractivity (Wildman–Crippen MR) is 287 cm³/mol. The van der Waals surface area contributed by atoms with Gasteiger partial charge in [-0.25, -0.2) is 4.98 Å². The highest BCUT2D eigenvalue weighted by molar-refractivity contribution is 6.10. The molecule has 0 N–H and O–H groups in total. The summed E-state index contributed by atoms with van der Waals surface area (Å²) in [6, 6.07) is 95.2. The summed E-state index contributed by atoms with van der Waals surface area (Å²) in [5, 5.41) is 4.82. The lowest BCUT2D eigenvalue weighted by molar-refractivity contribution is 0.745. The lowest BCUT2D eigenvalue weighted by atomic mass is 9.65. The van der Waals surface area contributed by atoms with Crippen LogP contribution in [0.2, 0.25) is 0 Å². The average molecular weight is 883 g/mol. The van der Waals surface area contributed by atoms with E-state index in [9.17, 15) is 0 Å². The number of fused-ring (bicyclic) bond motifs is 6. The first-order valence-corrected chi connectivity index (χ1v) is 23.7. The molecule has 1 aliphatic heterocycles. The van der Waals surface area contributed by atoms with E-state index in [0.717, 1.165) is 22.5 Å². The molecule has 12 aromatic rings. The quantitative estimate of drug-likeness (QED) is 0.135. The molecule has 1 aliphatic rings. The van der Waals surface area contributed by atoms with Crippen molar-refractivity contribution < 1.29 is 0 Å². The lowest BCUT2D eigenvalue weighted by Gasteiger charge is -2.37. The number of pyridine rings is 1. The molecule has 0 bridgehead atoms. The number of anilines is 4. The predicted octanol–water partition coefficient (Wildman–Crippen LogP) is 16.3. The molecule has 0 saturated carbocycles. The Morgan fingerprint density at radius 3 is 1.61 bits per heavy atom. The Morgan fingerprint density at radius 2 is 0.928 bits per heavy atom. The van der Waals surface area contributed by atoms with Gasteiger partial charge in [0.05, 0.1) is 33.5 Å². The first kappa shape index (κ1) is 40.3. The fourth-order valence-corrected chi connectivity index (χ4v) is 11.2. The van der Waals surface area contributed by atoms with Crippen LogP contribution in [-0.2, 0) is 5.41 Å². The minimum Gasteiger partial charge on any atom is -0.321 e. The van der Waals surface area contributed by atoms with E-state index in [0.29, 0.717) is 6.67 Å². The maximum atomic E-state index is 4.91. The third kappa shape index (κ3) is 6.56. The molecule has 4 heteroatoms. The van der Waals surface area contributed by atoms with Crippen molar-refractivity contribution in [1.29, 1.82) is 0 Å². The van der Waals surface area contributed by atoms with E-state index in [-0.39, 0.29) is 0 Å². The average Bonchev–Trinajstić information content (AvgIpc) is 3.99. The Kier molecular flexibility index (Phi) is 9.76. The molecule has 0 fully saturated rings. The van der Waals surface area contributed by atoms with Gasteiger partial charge in [-0.1, -0.05) is 218 Å². The van der Waals surface area contributed by atoms with Gasteiger partial charge in [0, 0.05) is 39.2 Å². The van der Waals surface area contributed by atoms with Crippen molar-refractivity contribution >= 4 is 55.3 Å². The van der Waals surface area contributed by atoms with Crippen molar-refractivity contribution in [2.45, 2.75) is 5.41 Å². The minimum absolute atomic E-state index is 0.607. The van der Waals surface area contributed by atoms with Gasteiger partial charge in [-0.2, -0.15) is 0 Å². The van der Waals surface area contributed by atoms with Crippen molar-refractivity contribution in [3.63, 3.8) is 0 Å². The molecule has 0 spiro atoms. The van der Waals surface area contributed by atoms with Crippen LogP contribution in [-0.4, -0.2) is 16.2 Å². The Balaban J connectivity index is 1.06. The van der Waals surface area contributed by atoms with Crippen LogP contribution in [0.25, 0.3) is 60.6 Å². The number of nitrogens with zero attached hydrogens (tertiary/aromatic N) is 4. The molecule has 2 aromatic heterocycles. The van der Waals surface area contributed by atoms with Crippen LogP contribution in [0.1, 0.15) is 22.3 Å². The van der Waals surface area contributed by atoms with Crippen LogP contribution in [0.4, 0.5) is 22.7 Å². The van der Waals surface area contributed by atoms with E-state index in [2.05, 4.69) is 269 Å². The molecule has 13 rings (SSSR count). The Morgan fingerprint density at radius 1 is 0.362 bits per heavy atom. The largest absolute Gasteiger partial charge is 0.321 e. The van der Waals surface area contributed by atoms with E-state index < -0.39 is 5.41 Å². The van der Waals surface area contributed by atoms with Crippen molar-refractivity contribution in [3.05, 3.63) is 289 Å². The van der Waals surface area contributed by atoms with Gasteiger partial charge in [-0.15, -0.1) is 0 Å². The molecule has 4 nitrogen and oxygen atoms in total. The van der Waals surface area contributed by atoms with Gasteiger partial charge in [0.2, 0.25) is 0 Å². The summed E-state index contributed by atoms with van der Waals surface area (Å²) in [7, 11) is 0. The number of aromatic nitrogens is 2. The molecule has 0 amide bonds. The summed E-state index contributed by atoms with van der Waals surface area (Å²) >= 11 is 0. The van der Waals surface area contributed by atoms with E-state index in [1.807, 2.05) is 12.3 Å². The standard InChI is InChI=1S/C65H46N4/c1-5-21-46(22-6-1)54-34-20-35-55(47-23-7-2-8-24-47)63(54)68-45-67(60-41-38-48-25-13-14-32-56(48)64(60)68)53-31-19-30-51(43-53)65(49-26-9-3-10-27-49,50-28-11-4-12-29-50)52-39-40-58-57-33-15-16-36-59(57)69(61(58)44-52)62-37-17-18-42-66-62/h1-44H,45H2. The zero-order valence-corrected chi connectivity index (χ0v) is 37.9. The highest BCUT2D eigenvalue weighted by Crippen LogP contribution is 2.54. The first-order chi connectivity index (χ1) is 34.3. The molecule has 326 valence electrons. The van der Waals surface area contributed by atoms with Crippen LogP contribution in [0, 0.1) is 0 Å². The van der Waals surface area contributed by atoms with Gasteiger partial charge in [-0.05, 0) is 81.2 Å². The van der Waals surface area contributed by atoms with Gasteiger partial charge < -0.3 is 9.80 Å². The summed E-state index contributed by atoms with van der Waals surface area (Å²) < 4.78 is 2.32. The van der Waals surface area contributed by atoms with Crippen LogP contribution < -0.4 is 9.80 Å². The molecular weight excluding hydrogens is 837 g/mol. The van der Waals surface area contributed by atoms with E-state index in [1.165, 1.54) is 83.1 Å². The van der Waals surface area contributed by atoms with Crippen LogP contribution >= 0.6 is 0 Å². The third-order valence-corrected chi connectivity index (χ3v) is 14.2. The number of rotatable bonds is 9. The van der Waals surface area contributed by atoms with E-state index in [4.69, 9.17) is 4.98 Å². The second-order valence-corrected chi connectivity index (χ2v) is 17.9. The number of para-hydroxylation sites is 2. The number of benzene rings is 10. The highest BCUT2D eigenvalue weighted by Gasteiger charge is 2.40. The molecule has 10 aromatic carbocycles. The van der Waals surface area contributed by atoms with E-state index in [1.54, 1.807) is 0 Å². The van der Waals surface area contributed by atoms with Crippen LogP contribution in [0.5, 0.6) is 0 Å². The number of hydrogen-bond acceptors (Lipinski definition) is 3. The van der Waals surface area contributed by atoms with Crippen molar-refractivity contribution in [2.24, 2.45) is 0 Å². The Labute approximate surface area is 402 Å². The fourth-order valence-electron chi connectivity index (χ4n) is 11.2. The van der Waals surface area contributed by atoms with Gasteiger partial charge in [0.1, 0.15) is 12.5 Å². The molecule has 0 saturated heterocycles. The summed E-state index contributed by atoms with van der Waals surface area (Å²) in [6.07, 6.45) is 1.88.